The largest absolute Gasteiger partial charge is 0.476 e. The van der Waals surface area contributed by atoms with Crippen molar-refractivity contribution in [2.75, 3.05) is 11.9 Å². The van der Waals surface area contributed by atoms with E-state index < -0.39 is 12.1 Å². The van der Waals surface area contributed by atoms with Crippen LogP contribution in [0.25, 0.3) is 0 Å². The van der Waals surface area contributed by atoms with E-state index in [1.54, 1.807) is 6.07 Å². The molecule has 1 aromatic heterocycles. The van der Waals surface area contributed by atoms with Crippen LogP contribution >= 0.6 is 0 Å². The highest BCUT2D eigenvalue weighted by Crippen LogP contribution is 2.17. The van der Waals surface area contributed by atoms with Gasteiger partial charge in [-0.15, -0.1) is 0 Å². The van der Waals surface area contributed by atoms with E-state index in [4.69, 9.17) is 9.84 Å². The number of aromatic carboxylic acids is 1. The zero-order chi connectivity index (χ0) is 12.3. The summed E-state index contributed by atoms with van der Waals surface area (Å²) in [6.45, 7) is 0.566. The number of amides is 1. The maximum atomic E-state index is 11.7. The quantitative estimate of drug-likeness (QED) is 0.813. The Kier molecular flexibility index (Phi) is 3.34. The van der Waals surface area contributed by atoms with Crippen molar-refractivity contribution in [1.82, 2.24) is 4.98 Å². The van der Waals surface area contributed by atoms with Gasteiger partial charge in [-0.1, -0.05) is 0 Å². The lowest BCUT2D eigenvalue weighted by Gasteiger charge is -2.11. The van der Waals surface area contributed by atoms with Crippen molar-refractivity contribution in [3.8, 4) is 0 Å². The number of rotatable bonds is 3. The minimum Gasteiger partial charge on any atom is -0.476 e. The first-order valence-electron chi connectivity index (χ1n) is 5.29. The molecule has 17 heavy (non-hydrogen) atoms. The van der Waals surface area contributed by atoms with Crippen LogP contribution in [0.15, 0.2) is 18.3 Å². The lowest BCUT2D eigenvalue weighted by molar-refractivity contribution is -0.124. The summed E-state index contributed by atoms with van der Waals surface area (Å²) < 4.78 is 5.21. The third-order valence-electron chi connectivity index (χ3n) is 2.49. The van der Waals surface area contributed by atoms with Gasteiger partial charge in [0.25, 0.3) is 5.91 Å². The van der Waals surface area contributed by atoms with Gasteiger partial charge in [-0.2, -0.15) is 0 Å². The summed E-state index contributed by atoms with van der Waals surface area (Å²) in [5.74, 6) is -1.49. The number of carboxylic acids is 1. The molecule has 0 radical (unpaired) electrons. The molecule has 6 heteroatoms. The lowest BCUT2D eigenvalue weighted by atomic mass is 10.2. The highest BCUT2D eigenvalue weighted by molar-refractivity contribution is 6.00. The van der Waals surface area contributed by atoms with Gasteiger partial charge < -0.3 is 15.2 Å². The number of ether oxygens (including phenoxy) is 1. The zero-order valence-corrected chi connectivity index (χ0v) is 9.05. The van der Waals surface area contributed by atoms with Crippen LogP contribution < -0.4 is 5.32 Å². The number of nitrogens with one attached hydrogen (secondary N) is 1. The van der Waals surface area contributed by atoms with Gasteiger partial charge >= 0.3 is 5.97 Å². The molecule has 1 fully saturated rings. The van der Waals surface area contributed by atoms with E-state index >= 15 is 0 Å². The summed E-state index contributed by atoms with van der Waals surface area (Å²) in [5, 5.41) is 11.4. The number of carbonyl (C=O) groups is 2. The Hall–Kier alpha value is -1.95. The Morgan fingerprint density at radius 3 is 3.00 bits per heavy atom. The molecule has 1 amide bonds. The second-order valence-electron chi connectivity index (χ2n) is 3.70. The first kappa shape index (κ1) is 11.5. The molecule has 90 valence electrons. The molecule has 1 atom stereocenters. The summed E-state index contributed by atoms with van der Waals surface area (Å²) in [7, 11) is 0. The predicted molar refractivity (Wildman–Crippen MR) is 58.8 cm³/mol. The Bertz CT molecular complexity index is 441. The molecular weight excluding hydrogens is 224 g/mol. The topological polar surface area (TPSA) is 88.5 Å². The maximum Gasteiger partial charge on any atom is 0.356 e. The maximum absolute atomic E-state index is 11.7. The van der Waals surface area contributed by atoms with Crippen LogP contribution in [0.2, 0.25) is 0 Å². The number of aromatic nitrogens is 1. The van der Waals surface area contributed by atoms with E-state index in [0.717, 1.165) is 6.42 Å². The molecule has 0 aliphatic carbocycles. The molecule has 2 rings (SSSR count). The second-order valence-corrected chi connectivity index (χ2v) is 3.70. The zero-order valence-electron chi connectivity index (χ0n) is 9.05. The summed E-state index contributed by atoms with van der Waals surface area (Å²) in [6, 6.07) is 3.07. The Labute approximate surface area is 97.6 Å². The Morgan fingerprint density at radius 2 is 2.35 bits per heavy atom. The van der Waals surface area contributed by atoms with E-state index in [9.17, 15) is 9.59 Å². The molecule has 1 aliphatic heterocycles. The lowest BCUT2D eigenvalue weighted by Crippen LogP contribution is -2.27. The fourth-order valence-electron chi connectivity index (χ4n) is 1.67. The van der Waals surface area contributed by atoms with Crippen molar-refractivity contribution in [2.45, 2.75) is 18.9 Å². The van der Waals surface area contributed by atoms with Gasteiger partial charge in [0.15, 0.2) is 5.69 Å². The van der Waals surface area contributed by atoms with Crippen molar-refractivity contribution in [1.29, 1.82) is 0 Å². The van der Waals surface area contributed by atoms with E-state index in [-0.39, 0.29) is 17.3 Å². The van der Waals surface area contributed by atoms with Gasteiger partial charge in [0.1, 0.15) is 6.10 Å². The molecule has 2 heterocycles. The van der Waals surface area contributed by atoms with Crippen LogP contribution in [-0.2, 0) is 9.53 Å². The number of carbonyl (C=O) groups excluding carboxylic acids is 1. The van der Waals surface area contributed by atoms with Crippen molar-refractivity contribution < 1.29 is 19.4 Å². The van der Waals surface area contributed by atoms with Crippen LogP contribution in [0.3, 0.4) is 0 Å². The van der Waals surface area contributed by atoms with E-state index in [0.29, 0.717) is 13.0 Å². The Morgan fingerprint density at radius 1 is 1.53 bits per heavy atom. The highest BCUT2D eigenvalue weighted by Gasteiger charge is 2.24. The Balaban J connectivity index is 2.12. The van der Waals surface area contributed by atoms with Crippen molar-refractivity contribution in [3.05, 3.63) is 24.0 Å². The number of anilines is 1. The fraction of sp³-hybridized carbons (Fsp3) is 0.364. The predicted octanol–water partition coefficient (Wildman–Crippen LogP) is 0.897. The molecular formula is C11H12N2O4. The van der Waals surface area contributed by atoms with Gasteiger partial charge in [0.05, 0.1) is 5.69 Å². The standard InChI is InChI=1S/C11H12N2O4/c14-10(8-4-2-6-17-8)13-7-3-1-5-12-9(7)11(15)16/h1,3,5,8H,2,4,6H2,(H,13,14)(H,15,16)/t8-/m1/s1. The number of pyridine rings is 1. The van der Waals surface area contributed by atoms with Crippen LogP contribution in [0, 0.1) is 0 Å². The number of carboxylic acid groups (broad SMARTS) is 1. The normalized spacial score (nSPS) is 18.9. The molecule has 6 nitrogen and oxygen atoms in total. The number of hydrogen-bond donors (Lipinski definition) is 2. The van der Waals surface area contributed by atoms with Gasteiger partial charge in [-0.3, -0.25) is 4.79 Å². The first-order valence-corrected chi connectivity index (χ1v) is 5.29. The van der Waals surface area contributed by atoms with Crippen LogP contribution in [0.1, 0.15) is 23.3 Å². The van der Waals surface area contributed by atoms with Crippen LogP contribution in [0.4, 0.5) is 5.69 Å². The van der Waals surface area contributed by atoms with Crippen LogP contribution in [0.5, 0.6) is 0 Å². The molecule has 0 saturated carbocycles. The third-order valence-corrected chi connectivity index (χ3v) is 2.49. The molecule has 0 aromatic carbocycles. The summed E-state index contributed by atoms with van der Waals surface area (Å²) in [4.78, 5) is 26.3. The molecule has 1 aromatic rings. The van der Waals surface area contributed by atoms with Gasteiger partial charge in [-0.25, -0.2) is 9.78 Å². The molecule has 1 aliphatic rings. The van der Waals surface area contributed by atoms with E-state index in [1.807, 2.05) is 0 Å². The van der Waals surface area contributed by atoms with E-state index in [1.165, 1.54) is 12.3 Å². The minimum atomic E-state index is -1.17. The van der Waals surface area contributed by atoms with Crippen molar-refractivity contribution in [2.24, 2.45) is 0 Å². The molecule has 2 N–H and O–H groups in total. The number of nitrogens with zero attached hydrogens (tertiary/aromatic N) is 1. The minimum absolute atomic E-state index is 0.168. The van der Waals surface area contributed by atoms with Crippen LogP contribution in [-0.4, -0.2) is 34.7 Å². The van der Waals surface area contributed by atoms with Crippen molar-refractivity contribution in [3.63, 3.8) is 0 Å². The van der Waals surface area contributed by atoms with Gasteiger partial charge in [-0.05, 0) is 25.0 Å². The number of hydrogen-bond acceptors (Lipinski definition) is 4. The summed E-state index contributed by atoms with van der Waals surface area (Å²) >= 11 is 0. The SMILES string of the molecule is O=C(O)c1ncccc1NC(=O)[C@H]1CCCO1. The average molecular weight is 236 g/mol. The summed E-state index contributed by atoms with van der Waals surface area (Å²) in [5.41, 5.74) is 0.0272. The molecule has 1 saturated heterocycles. The van der Waals surface area contributed by atoms with E-state index in [2.05, 4.69) is 10.3 Å². The first-order chi connectivity index (χ1) is 8.18. The molecule has 0 spiro atoms. The van der Waals surface area contributed by atoms with Gasteiger partial charge in [0.2, 0.25) is 0 Å². The smallest absolute Gasteiger partial charge is 0.356 e. The molecule has 0 unspecified atom stereocenters. The third kappa shape index (κ3) is 2.59. The van der Waals surface area contributed by atoms with Crippen molar-refractivity contribution >= 4 is 17.6 Å². The summed E-state index contributed by atoms with van der Waals surface area (Å²) in [6.07, 6.45) is 2.38. The highest BCUT2D eigenvalue weighted by atomic mass is 16.5. The average Bonchev–Trinajstić information content (AvgIpc) is 2.83. The fourth-order valence-corrected chi connectivity index (χ4v) is 1.67. The molecule has 0 bridgehead atoms. The monoisotopic (exact) mass is 236 g/mol. The van der Waals surface area contributed by atoms with Gasteiger partial charge in [0, 0.05) is 12.8 Å². The second kappa shape index (κ2) is 4.92.